The van der Waals surface area contributed by atoms with Gasteiger partial charge in [0.25, 0.3) is 0 Å². The van der Waals surface area contributed by atoms with Crippen molar-refractivity contribution in [3.63, 3.8) is 0 Å². The monoisotopic (exact) mass is 798 g/mol. The van der Waals surface area contributed by atoms with E-state index < -0.39 is 16.8 Å². The molecule has 1 saturated heterocycles. The van der Waals surface area contributed by atoms with E-state index in [2.05, 4.69) is 31.8 Å². The molecule has 1 amide bonds. The summed E-state index contributed by atoms with van der Waals surface area (Å²) in [6.07, 6.45) is 13.2. The first kappa shape index (κ1) is 51.5. The van der Waals surface area contributed by atoms with Crippen LogP contribution in [0.1, 0.15) is 146 Å². The fourth-order valence-corrected chi connectivity index (χ4v) is 6.33. The van der Waals surface area contributed by atoms with Crippen molar-refractivity contribution in [2.45, 2.75) is 163 Å². The van der Waals surface area contributed by atoms with E-state index >= 15 is 0 Å². The molecule has 1 rings (SSSR count). The molecule has 0 aromatic heterocycles. The minimum Gasteiger partial charge on any atom is -0.465 e. The number of unbranched alkanes of at least 4 members (excludes halogenated alkanes) is 10. The number of carbonyl (C=O) groups is 4. The Morgan fingerprint density at radius 2 is 0.821 bits per heavy atom. The van der Waals surface area contributed by atoms with Crippen molar-refractivity contribution in [3.8, 4) is 0 Å². The SMILES string of the molecule is CCCCOC(=O)CN1CCN(CCCCCCCCCCCCNC(=O)OC(C)(C)C)CCN(CC(=O)OC(C)(C)C)CCN(CC(=O)OC(C)(C)C)CC1. The highest BCUT2D eigenvalue weighted by Crippen LogP contribution is 2.13. The number of esters is 3. The Balaban J connectivity index is 2.75. The van der Waals surface area contributed by atoms with Gasteiger partial charge in [-0.3, -0.25) is 29.1 Å². The van der Waals surface area contributed by atoms with Gasteiger partial charge in [-0.25, -0.2) is 4.79 Å². The zero-order chi connectivity index (χ0) is 42.0. The molecule has 0 aromatic carbocycles. The van der Waals surface area contributed by atoms with Crippen molar-refractivity contribution >= 4 is 24.0 Å². The van der Waals surface area contributed by atoms with E-state index in [0.717, 1.165) is 51.7 Å². The van der Waals surface area contributed by atoms with Gasteiger partial charge in [-0.2, -0.15) is 0 Å². The van der Waals surface area contributed by atoms with Crippen LogP contribution in [0, 0.1) is 0 Å². The number of amides is 1. The average molecular weight is 798 g/mol. The molecule has 0 radical (unpaired) electrons. The lowest BCUT2D eigenvalue weighted by Gasteiger charge is -2.34. The summed E-state index contributed by atoms with van der Waals surface area (Å²) in [6.45, 7) is 26.8. The molecule has 1 aliphatic heterocycles. The molecule has 1 N–H and O–H groups in total. The smallest absolute Gasteiger partial charge is 0.407 e. The van der Waals surface area contributed by atoms with E-state index in [4.69, 9.17) is 18.9 Å². The summed E-state index contributed by atoms with van der Waals surface area (Å²) < 4.78 is 22.2. The third kappa shape index (κ3) is 30.6. The number of alkyl carbamates (subject to hydrolysis) is 1. The highest BCUT2D eigenvalue weighted by molar-refractivity contribution is 5.73. The van der Waals surface area contributed by atoms with E-state index in [1.807, 2.05) is 62.3 Å². The maximum Gasteiger partial charge on any atom is 0.407 e. The Hall–Kier alpha value is -2.48. The lowest BCUT2D eigenvalue weighted by molar-refractivity contribution is -0.158. The summed E-state index contributed by atoms with van der Waals surface area (Å²) in [4.78, 5) is 59.3. The number of ether oxygens (including phenoxy) is 4. The zero-order valence-corrected chi connectivity index (χ0v) is 37.4. The van der Waals surface area contributed by atoms with Gasteiger partial charge in [0.2, 0.25) is 0 Å². The summed E-state index contributed by atoms with van der Waals surface area (Å²) in [6, 6.07) is 0. The highest BCUT2D eigenvalue weighted by Gasteiger charge is 2.25. The highest BCUT2D eigenvalue weighted by atomic mass is 16.6. The number of nitrogens with one attached hydrogen (secondary N) is 1. The van der Waals surface area contributed by atoms with Crippen molar-refractivity contribution in [3.05, 3.63) is 0 Å². The molecule has 328 valence electrons. The molecule has 56 heavy (non-hydrogen) atoms. The minimum absolute atomic E-state index is 0.132. The molecule has 0 bridgehead atoms. The van der Waals surface area contributed by atoms with Crippen LogP contribution in [-0.4, -0.2) is 152 Å². The quantitative estimate of drug-likeness (QED) is 0.0715. The molecule has 13 nitrogen and oxygen atoms in total. The summed E-state index contributed by atoms with van der Waals surface area (Å²) >= 11 is 0. The average Bonchev–Trinajstić information content (AvgIpc) is 3.05. The number of rotatable bonds is 22. The zero-order valence-electron chi connectivity index (χ0n) is 37.4. The number of carbonyl (C=O) groups excluding carboxylic acids is 4. The standard InChI is InChI=1S/C43H83N5O8/c1-11-12-33-53-37(49)34-46-27-25-45(24-22-20-18-16-14-13-15-17-19-21-23-44-40(52)56-43(8,9)10)26-28-47(35-38(50)54-41(2,3)4)31-32-48(30-29-46)36-39(51)55-42(5,6)7/h11-36H2,1-10H3,(H,44,52). The first-order valence-corrected chi connectivity index (χ1v) is 21.7. The van der Waals surface area contributed by atoms with Crippen molar-refractivity contribution in [1.29, 1.82) is 0 Å². The van der Waals surface area contributed by atoms with E-state index in [0.29, 0.717) is 52.4 Å². The largest absolute Gasteiger partial charge is 0.465 e. The molecule has 0 spiro atoms. The van der Waals surface area contributed by atoms with Gasteiger partial charge in [0.05, 0.1) is 26.2 Å². The third-order valence-corrected chi connectivity index (χ3v) is 9.16. The van der Waals surface area contributed by atoms with Crippen LogP contribution in [0.25, 0.3) is 0 Å². The number of hydrogen-bond acceptors (Lipinski definition) is 12. The second-order valence-corrected chi connectivity index (χ2v) is 18.4. The van der Waals surface area contributed by atoms with E-state index in [-0.39, 0.29) is 43.6 Å². The van der Waals surface area contributed by atoms with Crippen LogP contribution in [-0.2, 0) is 33.3 Å². The third-order valence-electron chi connectivity index (χ3n) is 9.16. The fourth-order valence-electron chi connectivity index (χ4n) is 6.33. The summed E-state index contributed by atoms with van der Waals surface area (Å²) in [7, 11) is 0. The minimum atomic E-state index is -0.588. The Morgan fingerprint density at radius 3 is 1.21 bits per heavy atom. The molecule has 0 saturated carbocycles. The van der Waals surface area contributed by atoms with Gasteiger partial charge in [0.15, 0.2) is 0 Å². The van der Waals surface area contributed by atoms with Crippen molar-refractivity contribution in [2.75, 3.05) is 91.7 Å². The molecule has 1 aliphatic rings. The van der Waals surface area contributed by atoms with Gasteiger partial charge in [0, 0.05) is 58.9 Å². The Labute approximate surface area is 341 Å². The van der Waals surface area contributed by atoms with E-state index in [1.165, 1.54) is 44.9 Å². The van der Waals surface area contributed by atoms with Crippen molar-refractivity contribution in [1.82, 2.24) is 24.9 Å². The van der Waals surface area contributed by atoms with Crippen LogP contribution in [0.15, 0.2) is 0 Å². The van der Waals surface area contributed by atoms with Gasteiger partial charge in [-0.05, 0) is 88.1 Å². The molecule has 0 unspecified atom stereocenters. The fraction of sp³-hybridized carbons (Fsp3) is 0.907. The summed E-state index contributed by atoms with van der Waals surface area (Å²) in [5, 5.41) is 2.84. The van der Waals surface area contributed by atoms with Crippen LogP contribution >= 0.6 is 0 Å². The number of nitrogens with zero attached hydrogens (tertiary/aromatic N) is 4. The molecule has 0 aromatic rings. The second-order valence-electron chi connectivity index (χ2n) is 18.4. The lowest BCUT2D eigenvalue weighted by Crippen LogP contribution is -2.49. The Bertz CT molecular complexity index is 1100. The van der Waals surface area contributed by atoms with Crippen LogP contribution in [0.5, 0.6) is 0 Å². The topological polar surface area (TPSA) is 130 Å². The first-order valence-electron chi connectivity index (χ1n) is 21.7. The number of hydrogen-bond donors (Lipinski definition) is 1. The predicted molar refractivity (Wildman–Crippen MR) is 224 cm³/mol. The molecule has 0 atom stereocenters. The van der Waals surface area contributed by atoms with Crippen LogP contribution in [0.2, 0.25) is 0 Å². The normalized spacial score (nSPS) is 16.4. The maximum atomic E-state index is 13.0. The Kier molecular flexibility index (Phi) is 25.8. The molecular weight excluding hydrogens is 714 g/mol. The van der Waals surface area contributed by atoms with Gasteiger partial charge in [-0.1, -0.05) is 64.7 Å². The maximum absolute atomic E-state index is 13.0. The predicted octanol–water partition coefficient (Wildman–Crippen LogP) is 6.66. The van der Waals surface area contributed by atoms with Crippen LogP contribution < -0.4 is 5.32 Å². The molecule has 0 aliphatic carbocycles. The Morgan fingerprint density at radius 1 is 0.464 bits per heavy atom. The molecule has 1 heterocycles. The first-order chi connectivity index (χ1) is 26.2. The lowest BCUT2D eigenvalue weighted by atomic mass is 10.1. The van der Waals surface area contributed by atoms with Gasteiger partial charge >= 0.3 is 24.0 Å². The van der Waals surface area contributed by atoms with Gasteiger partial charge < -0.3 is 29.2 Å². The second kappa shape index (κ2) is 28.0. The molecule has 13 heteroatoms. The van der Waals surface area contributed by atoms with Crippen molar-refractivity contribution < 1.29 is 38.1 Å². The van der Waals surface area contributed by atoms with E-state index in [9.17, 15) is 19.2 Å². The van der Waals surface area contributed by atoms with Crippen LogP contribution in [0.3, 0.4) is 0 Å². The summed E-state index contributed by atoms with van der Waals surface area (Å²) in [5.74, 6) is -0.756. The van der Waals surface area contributed by atoms with Gasteiger partial charge in [-0.15, -0.1) is 0 Å². The molecule has 1 fully saturated rings. The van der Waals surface area contributed by atoms with Crippen molar-refractivity contribution in [2.24, 2.45) is 0 Å². The molecular formula is C43H83N5O8. The van der Waals surface area contributed by atoms with Crippen LogP contribution in [0.4, 0.5) is 4.79 Å². The van der Waals surface area contributed by atoms with Gasteiger partial charge in [0.1, 0.15) is 16.8 Å². The summed E-state index contributed by atoms with van der Waals surface area (Å²) in [5.41, 5.74) is -1.62. The van der Waals surface area contributed by atoms with E-state index in [1.54, 1.807) is 0 Å².